The summed E-state index contributed by atoms with van der Waals surface area (Å²) in [6.07, 6.45) is 0. The molecule has 0 aliphatic carbocycles. The molecule has 20 heavy (non-hydrogen) atoms. The Bertz CT molecular complexity index is 781. The number of hydrogen-bond acceptors (Lipinski definition) is 5. The Morgan fingerprint density at radius 1 is 1.40 bits per heavy atom. The van der Waals surface area contributed by atoms with E-state index in [1.54, 1.807) is 19.2 Å². The van der Waals surface area contributed by atoms with E-state index in [0.29, 0.717) is 9.80 Å². The van der Waals surface area contributed by atoms with Crippen LogP contribution in [0.2, 0.25) is 0 Å². The fourth-order valence-electron chi connectivity index (χ4n) is 1.68. The van der Waals surface area contributed by atoms with Crippen molar-refractivity contribution in [2.75, 3.05) is 12.4 Å². The highest BCUT2D eigenvalue weighted by Gasteiger charge is 2.13. The summed E-state index contributed by atoms with van der Waals surface area (Å²) in [5.41, 5.74) is 0.812. The molecule has 0 unspecified atom stereocenters. The number of amides is 1. The monoisotopic (exact) mass is 352 g/mol. The fourth-order valence-corrected chi connectivity index (χ4v) is 2.88. The van der Waals surface area contributed by atoms with E-state index in [1.807, 2.05) is 18.2 Å². The molecule has 0 atom stereocenters. The number of benzene rings is 1. The first-order valence-corrected chi connectivity index (χ1v) is 7.28. The van der Waals surface area contributed by atoms with Crippen molar-refractivity contribution in [3.05, 3.63) is 40.8 Å². The number of halogens is 1. The molecule has 1 amide bonds. The van der Waals surface area contributed by atoms with Crippen molar-refractivity contribution < 1.29 is 13.9 Å². The van der Waals surface area contributed by atoms with Crippen molar-refractivity contribution in [1.82, 2.24) is 4.98 Å². The van der Waals surface area contributed by atoms with Crippen LogP contribution in [0.4, 0.5) is 5.13 Å². The van der Waals surface area contributed by atoms with Crippen LogP contribution in [0, 0.1) is 0 Å². The minimum Gasteiger partial charge on any atom is -0.497 e. The number of carbonyl (C=O) groups is 1. The number of rotatable bonds is 3. The molecule has 0 aliphatic heterocycles. The predicted molar refractivity (Wildman–Crippen MR) is 80.5 cm³/mol. The van der Waals surface area contributed by atoms with Gasteiger partial charge in [-0.2, -0.15) is 0 Å². The SMILES string of the molecule is COc1ccc2nc(NC(=O)c3ccc(Br)o3)sc2c1. The lowest BCUT2D eigenvalue weighted by Crippen LogP contribution is -2.10. The summed E-state index contributed by atoms with van der Waals surface area (Å²) in [7, 11) is 1.61. The van der Waals surface area contributed by atoms with E-state index in [0.717, 1.165) is 16.0 Å². The van der Waals surface area contributed by atoms with Crippen molar-refractivity contribution in [3.8, 4) is 5.75 Å². The third-order valence-corrected chi connectivity index (χ3v) is 3.97. The highest BCUT2D eigenvalue weighted by atomic mass is 79.9. The Kier molecular flexibility index (Phi) is 3.45. The van der Waals surface area contributed by atoms with Crippen LogP contribution in [0.1, 0.15) is 10.6 Å². The Labute approximate surface area is 126 Å². The van der Waals surface area contributed by atoms with Crippen LogP contribution < -0.4 is 10.1 Å². The lowest BCUT2D eigenvalue weighted by Gasteiger charge is -1.96. The number of anilines is 1. The van der Waals surface area contributed by atoms with Gasteiger partial charge >= 0.3 is 0 Å². The second-order valence-electron chi connectivity index (χ2n) is 3.91. The minimum absolute atomic E-state index is 0.230. The van der Waals surface area contributed by atoms with E-state index in [1.165, 1.54) is 11.3 Å². The average Bonchev–Trinajstić information content (AvgIpc) is 3.03. The Morgan fingerprint density at radius 2 is 2.25 bits per heavy atom. The maximum atomic E-state index is 11.9. The third kappa shape index (κ3) is 2.54. The van der Waals surface area contributed by atoms with Crippen molar-refractivity contribution in [3.63, 3.8) is 0 Å². The highest BCUT2D eigenvalue weighted by Crippen LogP contribution is 2.29. The zero-order valence-corrected chi connectivity index (χ0v) is 12.7. The van der Waals surface area contributed by atoms with Gasteiger partial charge in [0.2, 0.25) is 0 Å². The van der Waals surface area contributed by atoms with Gasteiger partial charge in [-0.05, 0) is 46.3 Å². The smallest absolute Gasteiger partial charge is 0.293 e. The molecule has 7 heteroatoms. The van der Waals surface area contributed by atoms with Crippen LogP contribution in [0.3, 0.4) is 0 Å². The zero-order valence-electron chi connectivity index (χ0n) is 10.3. The Morgan fingerprint density at radius 3 is 2.95 bits per heavy atom. The summed E-state index contributed by atoms with van der Waals surface area (Å²) in [4.78, 5) is 16.3. The maximum absolute atomic E-state index is 11.9. The second-order valence-corrected chi connectivity index (χ2v) is 5.72. The molecule has 0 bridgehead atoms. The summed E-state index contributed by atoms with van der Waals surface area (Å²) in [5, 5.41) is 3.23. The summed E-state index contributed by atoms with van der Waals surface area (Å²) < 4.78 is 11.8. The Hall–Kier alpha value is -1.86. The molecule has 2 aromatic heterocycles. The van der Waals surface area contributed by atoms with Gasteiger partial charge in [-0.15, -0.1) is 0 Å². The van der Waals surface area contributed by atoms with Gasteiger partial charge in [0.25, 0.3) is 5.91 Å². The first kappa shape index (κ1) is 13.1. The van der Waals surface area contributed by atoms with Gasteiger partial charge in [0, 0.05) is 0 Å². The number of methoxy groups -OCH3 is 1. The molecule has 3 aromatic rings. The first-order chi connectivity index (χ1) is 9.65. The van der Waals surface area contributed by atoms with Gasteiger partial charge in [-0.25, -0.2) is 4.98 Å². The molecular formula is C13H9BrN2O3S. The van der Waals surface area contributed by atoms with E-state index in [2.05, 4.69) is 26.2 Å². The summed E-state index contributed by atoms with van der Waals surface area (Å²) in [5.74, 6) is 0.657. The average molecular weight is 353 g/mol. The molecule has 0 fully saturated rings. The molecule has 3 rings (SSSR count). The topological polar surface area (TPSA) is 64.4 Å². The molecule has 1 N–H and O–H groups in total. The summed E-state index contributed by atoms with van der Waals surface area (Å²) >= 11 is 4.54. The minimum atomic E-state index is -0.332. The van der Waals surface area contributed by atoms with E-state index in [4.69, 9.17) is 9.15 Å². The van der Waals surface area contributed by atoms with Gasteiger partial charge in [0.1, 0.15) is 5.75 Å². The van der Waals surface area contributed by atoms with Crippen LogP contribution in [0.15, 0.2) is 39.4 Å². The highest BCUT2D eigenvalue weighted by molar-refractivity contribution is 9.10. The van der Waals surface area contributed by atoms with Crippen LogP contribution in [0.5, 0.6) is 5.75 Å². The standard InChI is InChI=1S/C13H9BrN2O3S/c1-18-7-2-3-8-10(6-7)20-13(15-8)16-12(17)9-4-5-11(14)19-9/h2-6H,1H3,(H,15,16,17). The predicted octanol–water partition coefficient (Wildman–Crippen LogP) is 3.91. The molecular weight excluding hydrogens is 344 g/mol. The Balaban J connectivity index is 1.85. The number of aromatic nitrogens is 1. The molecule has 1 aromatic carbocycles. The largest absolute Gasteiger partial charge is 0.497 e. The lowest BCUT2D eigenvalue weighted by atomic mass is 10.3. The van der Waals surface area contributed by atoms with Crippen LogP contribution in [-0.4, -0.2) is 18.0 Å². The molecule has 0 aliphatic rings. The molecule has 102 valence electrons. The molecule has 0 saturated heterocycles. The molecule has 5 nitrogen and oxygen atoms in total. The fraction of sp³-hybridized carbons (Fsp3) is 0.0769. The number of hydrogen-bond donors (Lipinski definition) is 1. The van der Waals surface area contributed by atoms with E-state index in [-0.39, 0.29) is 11.7 Å². The maximum Gasteiger partial charge on any atom is 0.293 e. The van der Waals surface area contributed by atoms with Crippen LogP contribution >= 0.6 is 27.3 Å². The van der Waals surface area contributed by atoms with Gasteiger partial charge < -0.3 is 9.15 Å². The van der Waals surface area contributed by atoms with Crippen molar-refractivity contribution >= 4 is 48.5 Å². The number of thiazole rings is 1. The molecule has 0 radical (unpaired) electrons. The van der Waals surface area contributed by atoms with Gasteiger partial charge in [0.15, 0.2) is 15.6 Å². The molecule has 2 heterocycles. The number of ether oxygens (including phenoxy) is 1. The van der Waals surface area contributed by atoms with Crippen molar-refractivity contribution in [2.24, 2.45) is 0 Å². The summed E-state index contributed by atoms with van der Waals surface area (Å²) in [6, 6.07) is 8.82. The third-order valence-electron chi connectivity index (χ3n) is 2.61. The first-order valence-electron chi connectivity index (χ1n) is 5.67. The van der Waals surface area contributed by atoms with Gasteiger partial charge in [-0.1, -0.05) is 11.3 Å². The number of fused-ring (bicyclic) bond motifs is 1. The number of carbonyl (C=O) groups excluding carboxylic acids is 1. The zero-order chi connectivity index (χ0) is 14.1. The van der Waals surface area contributed by atoms with Crippen LogP contribution in [0.25, 0.3) is 10.2 Å². The summed E-state index contributed by atoms with van der Waals surface area (Å²) in [6.45, 7) is 0. The van der Waals surface area contributed by atoms with Crippen molar-refractivity contribution in [1.29, 1.82) is 0 Å². The quantitative estimate of drug-likeness (QED) is 0.775. The second kappa shape index (κ2) is 5.26. The number of nitrogens with zero attached hydrogens (tertiary/aromatic N) is 1. The number of furan rings is 1. The van der Waals surface area contributed by atoms with Gasteiger partial charge in [0.05, 0.1) is 17.3 Å². The van der Waals surface area contributed by atoms with E-state index < -0.39 is 0 Å². The lowest BCUT2D eigenvalue weighted by molar-refractivity contribution is 0.0995. The van der Waals surface area contributed by atoms with Crippen LogP contribution in [-0.2, 0) is 0 Å². The normalized spacial score (nSPS) is 10.7. The number of nitrogens with one attached hydrogen (secondary N) is 1. The van der Waals surface area contributed by atoms with Crippen molar-refractivity contribution in [2.45, 2.75) is 0 Å². The van der Waals surface area contributed by atoms with Gasteiger partial charge in [-0.3, -0.25) is 10.1 Å². The van der Waals surface area contributed by atoms with E-state index >= 15 is 0 Å². The molecule has 0 saturated carbocycles. The molecule has 0 spiro atoms. The van der Waals surface area contributed by atoms with E-state index in [9.17, 15) is 4.79 Å².